The third-order valence-corrected chi connectivity index (χ3v) is 7.22. The minimum atomic E-state index is -0.224. The molecule has 1 aromatic carbocycles. The number of nitrogens with zero attached hydrogens (tertiary/aromatic N) is 2. The Balaban J connectivity index is 1.24. The van der Waals surface area contributed by atoms with Gasteiger partial charge in [0, 0.05) is 10.0 Å². The summed E-state index contributed by atoms with van der Waals surface area (Å²) in [6, 6.07) is 11.4. The summed E-state index contributed by atoms with van der Waals surface area (Å²) in [5.41, 5.74) is 0.948. The Labute approximate surface area is 170 Å². The van der Waals surface area contributed by atoms with Gasteiger partial charge >= 0.3 is 0 Å². The molecule has 5 nitrogen and oxygen atoms in total. The second-order valence-electron chi connectivity index (χ2n) is 8.10. The standard InChI is InChI=1S/C22H17BrN2O3/c23-12-3-1-11(2-4-12)18-8-5-13(28-18)10-24-25-21(26)19-14-6-7-15(17-9-16(14)17)20(19)22(25)27/h1-8,10,14-17,19-20H,9H2/t14-,15-,16-,17-,19+,20+/m0/s1. The summed E-state index contributed by atoms with van der Waals surface area (Å²) in [5.74, 6) is 2.07. The smallest absolute Gasteiger partial charge is 0.254 e. The molecule has 0 unspecified atom stereocenters. The Hall–Kier alpha value is -2.47. The predicted molar refractivity (Wildman–Crippen MR) is 106 cm³/mol. The first-order chi connectivity index (χ1) is 13.6. The third-order valence-electron chi connectivity index (χ3n) is 6.70. The summed E-state index contributed by atoms with van der Waals surface area (Å²) in [6.45, 7) is 0. The number of benzene rings is 1. The average Bonchev–Trinajstić information content (AvgIpc) is 3.34. The molecule has 0 N–H and O–H groups in total. The highest BCUT2D eigenvalue weighted by molar-refractivity contribution is 9.10. The van der Waals surface area contributed by atoms with E-state index in [2.05, 4.69) is 33.2 Å². The van der Waals surface area contributed by atoms with Crippen LogP contribution in [0.3, 0.4) is 0 Å². The number of rotatable bonds is 3. The molecule has 3 fully saturated rings. The molecule has 0 spiro atoms. The fourth-order valence-corrected chi connectivity index (χ4v) is 5.63. The van der Waals surface area contributed by atoms with E-state index in [9.17, 15) is 9.59 Å². The van der Waals surface area contributed by atoms with E-state index in [0.717, 1.165) is 21.5 Å². The molecular formula is C22H17BrN2O3. The van der Waals surface area contributed by atoms with Gasteiger partial charge in [-0.2, -0.15) is 10.1 Å². The Bertz CT molecular complexity index is 1020. The number of allylic oxidation sites excluding steroid dienone is 2. The van der Waals surface area contributed by atoms with Crippen molar-refractivity contribution < 1.29 is 14.0 Å². The van der Waals surface area contributed by atoms with E-state index >= 15 is 0 Å². The van der Waals surface area contributed by atoms with Gasteiger partial charge in [-0.15, -0.1) is 0 Å². The Morgan fingerprint density at radius 2 is 1.61 bits per heavy atom. The molecule has 2 aromatic rings. The van der Waals surface area contributed by atoms with Crippen molar-refractivity contribution in [2.24, 2.45) is 40.6 Å². The van der Waals surface area contributed by atoms with Gasteiger partial charge in [-0.1, -0.05) is 40.2 Å². The molecule has 4 aliphatic carbocycles. The summed E-state index contributed by atoms with van der Waals surface area (Å²) in [6.07, 6.45) is 6.95. The van der Waals surface area contributed by atoms with Gasteiger partial charge < -0.3 is 4.42 Å². The van der Waals surface area contributed by atoms with E-state index in [1.54, 1.807) is 6.07 Å². The molecule has 6 atom stereocenters. The van der Waals surface area contributed by atoms with Crippen molar-refractivity contribution in [1.29, 1.82) is 0 Å². The van der Waals surface area contributed by atoms with Crippen LogP contribution in [0, 0.1) is 35.5 Å². The number of halogens is 1. The monoisotopic (exact) mass is 436 g/mol. The number of imide groups is 1. The summed E-state index contributed by atoms with van der Waals surface area (Å²) >= 11 is 3.42. The van der Waals surface area contributed by atoms with Crippen molar-refractivity contribution in [2.45, 2.75) is 6.42 Å². The van der Waals surface area contributed by atoms with Gasteiger partial charge in [0.1, 0.15) is 11.5 Å². The SMILES string of the molecule is O=C1[C@@H]2[C@H]3C=C[C@@H]([C@@H]4C[C@@H]34)[C@H]2C(=O)N1N=Cc1ccc(-c2ccc(Br)cc2)o1. The quantitative estimate of drug-likeness (QED) is 0.413. The van der Waals surface area contributed by atoms with Crippen LogP contribution in [0.25, 0.3) is 11.3 Å². The maximum absolute atomic E-state index is 12.9. The Morgan fingerprint density at radius 1 is 0.964 bits per heavy atom. The summed E-state index contributed by atoms with van der Waals surface area (Å²) in [4.78, 5) is 25.8. The third kappa shape index (κ3) is 2.27. The van der Waals surface area contributed by atoms with Crippen LogP contribution in [0.2, 0.25) is 0 Å². The molecule has 2 saturated carbocycles. The van der Waals surface area contributed by atoms with E-state index in [-0.39, 0.29) is 35.5 Å². The molecule has 2 bridgehead atoms. The minimum absolute atomic E-state index is 0.157. The fourth-order valence-electron chi connectivity index (χ4n) is 5.36. The van der Waals surface area contributed by atoms with Crippen molar-refractivity contribution in [1.82, 2.24) is 5.01 Å². The van der Waals surface area contributed by atoms with Gasteiger partial charge in [0.2, 0.25) is 0 Å². The van der Waals surface area contributed by atoms with Crippen LogP contribution in [-0.4, -0.2) is 23.0 Å². The summed E-state index contributed by atoms with van der Waals surface area (Å²) in [7, 11) is 0. The van der Waals surface area contributed by atoms with Crippen molar-refractivity contribution in [2.75, 3.05) is 0 Å². The van der Waals surface area contributed by atoms with Gasteiger partial charge in [-0.05, 0) is 54.4 Å². The number of furan rings is 1. The number of hydrogen-bond donors (Lipinski definition) is 0. The zero-order valence-corrected chi connectivity index (χ0v) is 16.5. The fraction of sp³-hybridized carbons (Fsp3) is 0.318. The lowest BCUT2D eigenvalue weighted by Gasteiger charge is -2.37. The zero-order chi connectivity index (χ0) is 19.0. The molecule has 140 valence electrons. The highest BCUT2D eigenvalue weighted by atomic mass is 79.9. The first-order valence-corrected chi connectivity index (χ1v) is 10.4. The van der Waals surface area contributed by atoms with E-state index in [1.165, 1.54) is 6.21 Å². The van der Waals surface area contributed by atoms with Crippen LogP contribution in [0.4, 0.5) is 0 Å². The Kier molecular flexibility index (Phi) is 3.39. The number of hydrogen-bond acceptors (Lipinski definition) is 4. The summed E-state index contributed by atoms with van der Waals surface area (Å²) < 4.78 is 6.81. The van der Waals surface area contributed by atoms with Crippen LogP contribution < -0.4 is 0 Å². The van der Waals surface area contributed by atoms with Crippen LogP contribution in [0.5, 0.6) is 0 Å². The molecule has 6 heteroatoms. The van der Waals surface area contributed by atoms with Gasteiger partial charge in [0.05, 0.1) is 18.1 Å². The summed E-state index contributed by atoms with van der Waals surface area (Å²) in [5, 5.41) is 5.30. The molecule has 28 heavy (non-hydrogen) atoms. The number of amides is 2. The lowest BCUT2D eigenvalue weighted by Crippen LogP contribution is -2.40. The highest BCUT2D eigenvalue weighted by Gasteiger charge is 2.67. The maximum atomic E-state index is 12.9. The molecule has 2 heterocycles. The van der Waals surface area contributed by atoms with E-state index < -0.39 is 0 Å². The first kappa shape index (κ1) is 16.5. The van der Waals surface area contributed by atoms with Crippen LogP contribution in [0.15, 0.2) is 62.5 Å². The normalized spacial score (nSPS) is 35.0. The molecule has 0 radical (unpaired) electrons. The van der Waals surface area contributed by atoms with E-state index in [4.69, 9.17) is 4.42 Å². The Morgan fingerprint density at radius 3 is 2.25 bits per heavy atom. The number of carbonyl (C=O) groups excluding carboxylic acids is 2. The lowest BCUT2D eigenvalue weighted by atomic mass is 9.63. The lowest BCUT2D eigenvalue weighted by molar-refractivity contribution is -0.140. The van der Waals surface area contributed by atoms with Gasteiger partial charge in [0.25, 0.3) is 11.8 Å². The molecule has 7 rings (SSSR count). The van der Waals surface area contributed by atoms with E-state index in [0.29, 0.717) is 23.4 Å². The average molecular weight is 437 g/mol. The predicted octanol–water partition coefficient (Wildman–Crippen LogP) is 4.10. The van der Waals surface area contributed by atoms with Crippen molar-refractivity contribution in [3.8, 4) is 11.3 Å². The molecule has 5 aliphatic rings. The van der Waals surface area contributed by atoms with Crippen LogP contribution in [-0.2, 0) is 9.59 Å². The first-order valence-electron chi connectivity index (χ1n) is 9.58. The van der Waals surface area contributed by atoms with Gasteiger partial charge in [-0.3, -0.25) is 9.59 Å². The van der Waals surface area contributed by atoms with Crippen LogP contribution in [0.1, 0.15) is 12.2 Å². The van der Waals surface area contributed by atoms with Crippen molar-refractivity contribution in [3.63, 3.8) is 0 Å². The second-order valence-corrected chi connectivity index (χ2v) is 9.01. The minimum Gasteiger partial charge on any atom is -0.455 e. The molecule has 1 aromatic heterocycles. The van der Waals surface area contributed by atoms with Gasteiger partial charge in [0.15, 0.2) is 0 Å². The maximum Gasteiger partial charge on any atom is 0.254 e. The number of hydrazone groups is 1. The largest absolute Gasteiger partial charge is 0.455 e. The zero-order valence-electron chi connectivity index (χ0n) is 14.9. The van der Waals surface area contributed by atoms with E-state index in [1.807, 2.05) is 30.3 Å². The number of carbonyl (C=O) groups is 2. The van der Waals surface area contributed by atoms with Gasteiger partial charge in [-0.25, -0.2) is 0 Å². The van der Waals surface area contributed by atoms with Crippen molar-refractivity contribution >= 4 is 34.0 Å². The second kappa shape index (κ2) is 5.77. The molecule has 1 aliphatic heterocycles. The van der Waals surface area contributed by atoms with Crippen LogP contribution >= 0.6 is 15.9 Å². The molecular weight excluding hydrogens is 420 g/mol. The topological polar surface area (TPSA) is 62.9 Å². The van der Waals surface area contributed by atoms with Crippen molar-refractivity contribution in [3.05, 3.63) is 58.8 Å². The highest BCUT2D eigenvalue weighted by Crippen LogP contribution is 2.65. The molecule has 2 amide bonds. The molecule has 1 saturated heterocycles.